The third-order valence-corrected chi connectivity index (χ3v) is 4.23. The molecule has 0 aromatic carbocycles. The van der Waals surface area contributed by atoms with Crippen LogP contribution >= 0.6 is 0 Å². The Labute approximate surface area is 159 Å². The molecule has 1 unspecified atom stereocenters. The van der Waals surface area contributed by atoms with Crippen LogP contribution in [0.1, 0.15) is 65.5 Å². The molecule has 1 aromatic heterocycles. The highest BCUT2D eigenvalue weighted by molar-refractivity contribution is 5.80. The van der Waals surface area contributed by atoms with Crippen LogP contribution in [0.15, 0.2) is 4.99 Å². The van der Waals surface area contributed by atoms with Crippen LogP contribution < -0.4 is 10.6 Å². The first kappa shape index (κ1) is 22.4. The zero-order valence-corrected chi connectivity index (χ0v) is 17.7. The minimum Gasteiger partial charge on any atom is -0.382 e. The summed E-state index contributed by atoms with van der Waals surface area (Å²) in [5.74, 6) is 2.58. The van der Waals surface area contributed by atoms with Gasteiger partial charge >= 0.3 is 0 Å². The van der Waals surface area contributed by atoms with E-state index in [0.29, 0.717) is 18.0 Å². The molecule has 7 heteroatoms. The van der Waals surface area contributed by atoms with Crippen LogP contribution in [0, 0.1) is 12.3 Å². The molecule has 1 rings (SSSR count). The Bertz CT molecular complexity index is 547. The fourth-order valence-corrected chi connectivity index (χ4v) is 2.37. The zero-order chi connectivity index (χ0) is 19.6. The number of ether oxygens (including phenoxy) is 1. The summed E-state index contributed by atoms with van der Waals surface area (Å²) in [6.07, 6.45) is 3.22. The molecule has 0 aliphatic carbocycles. The lowest BCUT2D eigenvalue weighted by atomic mass is 9.89. The third kappa shape index (κ3) is 9.17. The molecule has 1 atom stereocenters. The third-order valence-electron chi connectivity index (χ3n) is 4.23. The summed E-state index contributed by atoms with van der Waals surface area (Å²) in [6.45, 7) is 15.8. The standard InChI is InChI=1S/C19H38N6O/c1-8-26-13-9-12-20-18(22-15(2)10-11-19(4,5)6)21-14-17-24-23-16(3)25(17)7/h15H,8-14H2,1-7H3,(H2,20,21,22). The van der Waals surface area contributed by atoms with Crippen molar-refractivity contribution in [3.63, 3.8) is 0 Å². The average molecular weight is 367 g/mol. The SMILES string of the molecule is CCOCCCNC(=NCc1nnc(C)n1C)NC(C)CCC(C)(C)C. The number of aromatic nitrogens is 3. The molecule has 0 spiro atoms. The van der Waals surface area contributed by atoms with Crippen molar-refractivity contribution < 1.29 is 4.74 Å². The number of rotatable bonds is 10. The van der Waals surface area contributed by atoms with Gasteiger partial charge in [-0.05, 0) is 45.4 Å². The van der Waals surface area contributed by atoms with Gasteiger partial charge in [-0.15, -0.1) is 10.2 Å². The highest BCUT2D eigenvalue weighted by Gasteiger charge is 2.13. The van der Waals surface area contributed by atoms with Gasteiger partial charge < -0.3 is 19.9 Å². The first-order valence-electron chi connectivity index (χ1n) is 9.70. The molecule has 0 amide bonds. The first-order valence-corrected chi connectivity index (χ1v) is 9.70. The summed E-state index contributed by atoms with van der Waals surface area (Å²) in [6, 6.07) is 0.355. The molecular formula is C19H38N6O. The van der Waals surface area contributed by atoms with Gasteiger partial charge in [0.25, 0.3) is 0 Å². The van der Waals surface area contributed by atoms with Gasteiger partial charge in [0.05, 0.1) is 0 Å². The highest BCUT2D eigenvalue weighted by atomic mass is 16.5. The van der Waals surface area contributed by atoms with Crippen LogP contribution in [-0.4, -0.2) is 46.5 Å². The molecule has 0 saturated heterocycles. The Kier molecular flexibility index (Phi) is 9.62. The Morgan fingerprint density at radius 3 is 2.62 bits per heavy atom. The maximum Gasteiger partial charge on any atom is 0.191 e. The molecule has 0 saturated carbocycles. The summed E-state index contributed by atoms with van der Waals surface area (Å²) in [7, 11) is 1.97. The van der Waals surface area contributed by atoms with Gasteiger partial charge in [0.1, 0.15) is 12.4 Å². The molecule has 0 aliphatic rings. The monoisotopic (exact) mass is 366 g/mol. The summed E-state index contributed by atoms with van der Waals surface area (Å²) < 4.78 is 7.37. The molecule has 0 bridgehead atoms. The topological polar surface area (TPSA) is 76.4 Å². The van der Waals surface area contributed by atoms with E-state index >= 15 is 0 Å². The summed E-state index contributed by atoms with van der Waals surface area (Å²) >= 11 is 0. The Morgan fingerprint density at radius 2 is 2.04 bits per heavy atom. The summed E-state index contributed by atoms with van der Waals surface area (Å²) in [5.41, 5.74) is 0.342. The number of nitrogens with one attached hydrogen (secondary N) is 2. The molecule has 1 heterocycles. The minimum absolute atomic E-state index is 0.342. The summed E-state index contributed by atoms with van der Waals surface area (Å²) in [5, 5.41) is 15.2. The molecule has 2 N–H and O–H groups in total. The normalized spacial score (nSPS) is 13.7. The van der Waals surface area contributed by atoms with Crippen LogP contribution in [0.4, 0.5) is 0 Å². The first-order chi connectivity index (χ1) is 12.2. The molecule has 0 fully saturated rings. The van der Waals surface area contributed by atoms with Gasteiger partial charge in [-0.25, -0.2) is 4.99 Å². The lowest BCUT2D eigenvalue weighted by Crippen LogP contribution is -2.43. The Balaban J connectivity index is 2.62. The predicted octanol–water partition coefficient (Wildman–Crippen LogP) is 2.80. The van der Waals surface area contributed by atoms with Crippen LogP contribution in [0.2, 0.25) is 0 Å². The molecule has 0 radical (unpaired) electrons. The largest absolute Gasteiger partial charge is 0.382 e. The Morgan fingerprint density at radius 1 is 1.31 bits per heavy atom. The fourth-order valence-electron chi connectivity index (χ4n) is 2.37. The molecule has 26 heavy (non-hydrogen) atoms. The van der Waals surface area contributed by atoms with Crippen LogP contribution in [0.25, 0.3) is 0 Å². The van der Waals surface area contributed by atoms with Crippen molar-refractivity contribution in [2.45, 2.75) is 73.4 Å². The maximum atomic E-state index is 5.40. The van der Waals surface area contributed by atoms with Gasteiger partial charge in [0.2, 0.25) is 0 Å². The van der Waals surface area contributed by atoms with Crippen molar-refractivity contribution >= 4 is 5.96 Å². The molecule has 1 aromatic rings. The number of nitrogens with zero attached hydrogens (tertiary/aromatic N) is 4. The van der Waals surface area contributed by atoms with Gasteiger partial charge in [0, 0.05) is 32.8 Å². The minimum atomic E-state index is 0.342. The number of hydrogen-bond donors (Lipinski definition) is 2. The number of guanidine groups is 1. The van der Waals surface area contributed by atoms with E-state index in [-0.39, 0.29) is 0 Å². The van der Waals surface area contributed by atoms with Crippen molar-refractivity contribution in [1.29, 1.82) is 0 Å². The molecule has 0 aliphatic heterocycles. The Hall–Kier alpha value is -1.63. The van der Waals surface area contributed by atoms with E-state index in [1.807, 2.05) is 25.5 Å². The lowest BCUT2D eigenvalue weighted by Gasteiger charge is -2.23. The fraction of sp³-hybridized carbons (Fsp3) is 0.842. The van der Waals surface area contributed by atoms with E-state index in [1.165, 1.54) is 6.42 Å². The van der Waals surface area contributed by atoms with E-state index in [2.05, 4.69) is 48.5 Å². The van der Waals surface area contributed by atoms with E-state index in [4.69, 9.17) is 9.73 Å². The van der Waals surface area contributed by atoms with Crippen molar-refractivity contribution in [2.24, 2.45) is 17.5 Å². The second kappa shape index (κ2) is 11.2. The van der Waals surface area contributed by atoms with Crippen LogP contribution in [-0.2, 0) is 18.3 Å². The van der Waals surface area contributed by atoms with Crippen LogP contribution in [0.3, 0.4) is 0 Å². The van der Waals surface area contributed by atoms with Crippen molar-refractivity contribution in [3.8, 4) is 0 Å². The predicted molar refractivity (Wildman–Crippen MR) is 107 cm³/mol. The van der Waals surface area contributed by atoms with Gasteiger partial charge in [0.15, 0.2) is 11.8 Å². The van der Waals surface area contributed by atoms with Crippen molar-refractivity contribution in [3.05, 3.63) is 11.6 Å². The molecule has 150 valence electrons. The van der Waals surface area contributed by atoms with E-state index in [1.54, 1.807) is 0 Å². The number of aryl methyl sites for hydroxylation is 1. The van der Waals surface area contributed by atoms with Crippen LogP contribution in [0.5, 0.6) is 0 Å². The van der Waals surface area contributed by atoms with E-state index in [0.717, 1.165) is 50.2 Å². The van der Waals surface area contributed by atoms with Gasteiger partial charge in [-0.1, -0.05) is 20.8 Å². The second-order valence-corrected chi connectivity index (χ2v) is 8.01. The molecule has 7 nitrogen and oxygen atoms in total. The second-order valence-electron chi connectivity index (χ2n) is 8.01. The average Bonchev–Trinajstić information content (AvgIpc) is 2.88. The summed E-state index contributed by atoms with van der Waals surface area (Å²) in [4.78, 5) is 4.70. The van der Waals surface area contributed by atoms with Crippen molar-refractivity contribution in [1.82, 2.24) is 25.4 Å². The highest BCUT2D eigenvalue weighted by Crippen LogP contribution is 2.21. The smallest absolute Gasteiger partial charge is 0.191 e. The number of aliphatic imine (C=N–C) groups is 1. The maximum absolute atomic E-state index is 5.40. The van der Waals surface area contributed by atoms with E-state index < -0.39 is 0 Å². The van der Waals surface area contributed by atoms with Crippen molar-refractivity contribution in [2.75, 3.05) is 19.8 Å². The quantitative estimate of drug-likeness (QED) is 0.378. The zero-order valence-electron chi connectivity index (χ0n) is 17.7. The number of hydrogen-bond acceptors (Lipinski definition) is 4. The van der Waals surface area contributed by atoms with Gasteiger partial charge in [-0.2, -0.15) is 0 Å². The molecular weight excluding hydrogens is 328 g/mol. The lowest BCUT2D eigenvalue weighted by molar-refractivity contribution is 0.145. The van der Waals surface area contributed by atoms with E-state index in [9.17, 15) is 0 Å². The van der Waals surface area contributed by atoms with Gasteiger partial charge in [-0.3, -0.25) is 0 Å².